The maximum Gasteiger partial charge on any atom is 0.326 e. The van der Waals surface area contributed by atoms with Gasteiger partial charge in [-0.25, -0.2) is 9.18 Å². The number of halogens is 1. The fourth-order valence-electron chi connectivity index (χ4n) is 2.27. The Morgan fingerprint density at radius 3 is 2.48 bits per heavy atom. The van der Waals surface area contributed by atoms with Gasteiger partial charge in [0.25, 0.3) is 0 Å². The molecule has 6 nitrogen and oxygen atoms in total. The molecule has 122 valence electrons. The number of carboxylic acid groups (broad SMARTS) is 1. The Labute approximate surface area is 132 Å². The van der Waals surface area contributed by atoms with Crippen molar-refractivity contribution >= 4 is 11.9 Å². The average Bonchev–Trinajstić information content (AvgIpc) is 2.78. The summed E-state index contributed by atoms with van der Waals surface area (Å²) in [6.07, 6.45) is 0.0818. The van der Waals surface area contributed by atoms with Gasteiger partial charge in [0, 0.05) is 12.1 Å². The molecule has 0 spiro atoms. The number of rotatable bonds is 6. The molecule has 1 aromatic heterocycles. The number of benzene rings is 1. The second kappa shape index (κ2) is 7.04. The summed E-state index contributed by atoms with van der Waals surface area (Å²) in [4.78, 5) is 23.4. The highest BCUT2D eigenvalue weighted by Gasteiger charge is 2.21. The van der Waals surface area contributed by atoms with Crippen molar-refractivity contribution in [2.24, 2.45) is 0 Å². The number of nitrogens with zero attached hydrogens (tertiary/aromatic N) is 2. The molecule has 1 aromatic carbocycles. The van der Waals surface area contributed by atoms with Crippen LogP contribution in [0.1, 0.15) is 17.0 Å². The van der Waals surface area contributed by atoms with Gasteiger partial charge in [-0.15, -0.1) is 0 Å². The first-order valence-electron chi connectivity index (χ1n) is 7.13. The molecule has 0 radical (unpaired) electrons. The van der Waals surface area contributed by atoms with Crippen molar-refractivity contribution in [3.8, 4) is 0 Å². The minimum absolute atomic E-state index is 0.0487. The molecule has 0 saturated carbocycles. The van der Waals surface area contributed by atoms with E-state index < -0.39 is 23.7 Å². The summed E-state index contributed by atoms with van der Waals surface area (Å²) < 4.78 is 14.4. The number of hydrogen-bond donors (Lipinski definition) is 2. The number of nitrogens with one attached hydrogen (secondary N) is 1. The number of aryl methyl sites for hydroxylation is 2. The zero-order chi connectivity index (χ0) is 17.0. The van der Waals surface area contributed by atoms with Crippen LogP contribution in [0.5, 0.6) is 0 Å². The van der Waals surface area contributed by atoms with E-state index in [1.807, 2.05) is 19.9 Å². The monoisotopic (exact) mass is 319 g/mol. The molecular formula is C16H18FN3O3. The lowest BCUT2D eigenvalue weighted by Gasteiger charge is -2.15. The fraction of sp³-hybridized carbons (Fsp3) is 0.312. The second-order valence-electron chi connectivity index (χ2n) is 5.37. The summed E-state index contributed by atoms with van der Waals surface area (Å²) in [5.41, 5.74) is 2.24. The van der Waals surface area contributed by atoms with E-state index in [1.54, 1.807) is 0 Å². The van der Waals surface area contributed by atoms with Crippen LogP contribution >= 0.6 is 0 Å². The summed E-state index contributed by atoms with van der Waals surface area (Å²) in [7, 11) is 0. The predicted molar refractivity (Wildman–Crippen MR) is 81.4 cm³/mol. The normalized spacial score (nSPS) is 12.0. The molecule has 1 unspecified atom stereocenters. The number of carboxylic acids is 1. The molecule has 2 rings (SSSR count). The van der Waals surface area contributed by atoms with Gasteiger partial charge in [0.05, 0.1) is 5.69 Å². The maximum atomic E-state index is 12.9. The van der Waals surface area contributed by atoms with Crippen LogP contribution in [-0.2, 0) is 22.6 Å². The lowest BCUT2D eigenvalue weighted by Crippen LogP contribution is -2.43. The van der Waals surface area contributed by atoms with Crippen LogP contribution < -0.4 is 5.32 Å². The number of carbonyl (C=O) groups is 2. The highest BCUT2D eigenvalue weighted by atomic mass is 19.1. The number of aliphatic carboxylic acids is 1. The zero-order valence-corrected chi connectivity index (χ0v) is 12.9. The van der Waals surface area contributed by atoms with Gasteiger partial charge >= 0.3 is 5.97 Å². The molecule has 7 heteroatoms. The summed E-state index contributed by atoms with van der Waals surface area (Å²) >= 11 is 0. The molecule has 0 aliphatic heterocycles. The molecule has 0 fully saturated rings. The second-order valence-corrected chi connectivity index (χ2v) is 5.37. The smallest absolute Gasteiger partial charge is 0.326 e. The van der Waals surface area contributed by atoms with E-state index in [9.17, 15) is 19.1 Å². The molecule has 0 aliphatic rings. The van der Waals surface area contributed by atoms with Gasteiger partial charge in [0.15, 0.2) is 0 Å². The summed E-state index contributed by atoms with van der Waals surface area (Å²) in [6, 6.07) is 6.26. The van der Waals surface area contributed by atoms with Crippen LogP contribution in [0.3, 0.4) is 0 Å². The molecule has 2 aromatic rings. The van der Waals surface area contributed by atoms with Crippen molar-refractivity contribution in [1.29, 1.82) is 0 Å². The Morgan fingerprint density at radius 1 is 1.30 bits per heavy atom. The van der Waals surface area contributed by atoms with Crippen LogP contribution in [0, 0.1) is 19.7 Å². The van der Waals surface area contributed by atoms with Gasteiger partial charge in [0.2, 0.25) is 5.91 Å². The van der Waals surface area contributed by atoms with Gasteiger partial charge in [-0.3, -0.25) is 9.48 Å². The van der Waals surface area contributed by atoms with E-state index >= 15 is 0 Å². The highest BCUT2D eigenvalue weighted by Crippen LogP contribution is 2.07. The van der Waals surface area contributed by atoms with Crippen LogP contribution in [0.15, 0.2) is 30.3 Å². The minimum atomic E-state index is -1.14. The number of hydrogen-bond acceptors (Lipinski definition) is 3. The van der Waals surface area contributed by atoms with Gasteiger partial charge in [-0.05, 0) is 37.6 Å². The molecule has 0 saturated heterocycles. The third-order valence-electron chi connectivity index (χ3n) is 3.38. The largest absolute Gasteiger partial charge is 0.480 e. The van der Waals surface area contributed by atoms with Crippen molar-refractivity contribution in [2.45, 2.75) is 32.9 Å². The zero-order valence-electron chi connectivity index (χ0n) is 12.9. The van der Waals surface area contributed by atoms with Crippen molar-refractivity contribution in [1.82, 2.24) is 15.1 Å². The van der Waals surface area contributed by atoms with Crippen LogP contribution in [-0.4, -0.2) is 32.8 Å². The van der Waals surface area contributed by atoms with E-state index in [1.165, 1.54) is 28.9 Å². The third-order valence-corrected chi connectivity index (χ3v) is 3.38. The SMILES string of the molecule is Cc1cc(C)n(CC(=O)NC(Cc2ccc(F)cc2)C(=O)O)n1. The van der Waals surface area contributed by atoms with Crippen LogP contribution in [0.2, 0.25) is 0 Å². The van der Waals surface area contributed by atoms with Crippen molar-refractivity contribution in [3.05, 3.63) is 53.1 Å². The van der Waals surface area contributed by atoms with E-state index in [0.717, 1.165) is 11.4 Å². The van der Waals surface area contributed by atoms with Crippen LogP contribution in [0.4, 0.5) is 4.39 Å². The Balaban J connectivity index is 2.01. The quantitative estimate of drug-likeness (QED) is 0.844. The van der Waals surface area contributed by atoms with E-state index in [4.69, 9.17) is 0 Å². The summed E-state index contributed by atoms with van der Waals surface area (Å²) in [6.45, 7) is 3.59. The summed E-state index contributed by atoms with van der Waals surface area (Å²) in [5, 5.41) is 15.9. The van der Waals surface area contributed by atoms with Gasteiger partial charge in [0.1, 0.15) is 18.4 Å². The molecule has 0 aliphatic carbocycles. The summed E-state index contributed by atoms with van der Waals surface area (Å²) in [5.74, 6) is -1.98. The fourth-order valence-corrected chi connectivity index (χ4v) is 2.27. The first kappa shape index (κ1) is 16.7. The third kappa shape index (κ3) is 4.64. The Bertz CT molecular complexity index is 710. The van der Waals surface area contributed by atoms with Gasteiger partial charge in [-0.2, -0.15) is 5.10 Å². The number of carbonyl (C=O) groups excluding carboxylic acids is 1. The van der Waals surface area contributed by atoms with Gasteiger partial charge in [-0.1, -0.05) is 12.1 Å². The Kier molecular flexibility index (Phi) is 5.10. The first-order chi connectivity index (χ1) is 10.8. The molecule has 23 heavy (non-hydrogen) atoms. The molecule has 0 bridgehead atoms. The standard InChI is InChI=1S/C16H18FN3O3/c1-10-7-11(2)20(19-10)9-15(21)18-14(16(22)23)8-12-3-5-13(17)6-4-12/h3-7,14H,8-9H2,1-2H3,(H,18,21)(H,22,23). The Hall–Kier alpha value is -2.70. The lowest BCUT2D eigenvalue weighted by molar-refractivity contribution is -0.141. The van der Waals surface area contributed by atoms with E-state index in [0.29, 0.717) is 5.56 Å². The van der Waals surface area contributed by atoms with E-state index in [-0.39, 0.29) is 13.0 Å². The van der Waals surface area contributed by atoms with Crippen molar-refractivity contribution < 1.29 is 19.1 Å². The minimum Gasteiger partial charge on any atom is -0.480 e. The average molecular weight is 319 g/mol. The molecule has 1 atom stereocenters. The topological polar surface area (TPSA) is 84.2 Å². The molecular weight excluding hydrogens is 301 g/mol. The van der Waals surface area contributed by atoms with Crippen molar-refractivity contribution in [3.63, 3.8) is 0 Å². The first-order valence-corrected chi connectivity index (χ1v) is 7.13. The van der Waals surface area contributed by atoms with E-state index in [2.05, 4.69) is 10.4 Å². The molecule has 1 amide bonds. The van der Waals surface area contributed by atoms with Crippen molar-refractivity contribution in [2.75, 3.05) is 0 Å². The predicted octanol–water partition coefficient (Wildman–Crippen LogP) is 1.45. The van der Waals surface area contributed by atoms with Gasteiger partial charge < -0.3 is 10.4 Å². The number of amides is 1. The highest BCUT2D eigenvalue weighted by molar-refractivity contribution is 5.83. The lowest BCUT2D eigenvalue weighted by atomic mass is 10.1. The van der Waals surface area contributed by atoms with Crippen LogP contribution in [0.25, 0.3) is 0 Å². The number of aromatic nitrogens is 2. The molecule has 1 heterocycles. The molecule has 2 N–H and O–H groups in total. The maximum absolute atomic E-state index is 12.9. The Morgan fingerprint density at radius 2 is 1.96 bits per heavy atom.